The van der Waals surface area contributed by atoms with Crippen LogP contribution in [-0.2, 0) is 20.3 Å². The van der Waals surface area contributed by atoms with Crippen molar-refractivity contribution in [3.63, 3.8) is 0 Å². The maximum Gasteiger partial charge on any atom is 1.00 e. The molecular formula is C22H26KN3O4S. The Hall–Kier alpha value is -0.784. The van der Waals surface area contributed by atoms with E-state index in [4.69, 9.17) is 14.2 Å². The number of hydrogen-bond acceptors (Lipinski definition) is 6. The van der Waals surface area contributed by atoms with E-state index in [-0.39, 0.29) is 57.3 Å². The summed E-state index contributed by atoms with van der Waals surface area (Å²) >= 11 is 0. The number of pyridine rings is 1. The molecule has 1 aliphatic rings. The monoisotopic (exact) mass is 467 g/mol. The van der Waals surface area contributed by atoms with Gasteiger partial charge in [0.05, 0.1) is 30.9 Å². The summed E-state index contributed by atoms with van der Waals surface area (Å²) < 4.78 is 30.4. The molecule has 1 aromatic carbocycles. The fourth-order valence-corrected chi connectivity index (χ4v) is 4.23. The van der Waals surface area contributed by atoms with Crippen molar-refractivity contribution in [3.05, 3.63) is 53.0 Å². The molecule has 1 unspecified atom stereocenters. The van der Waals surface area contributed by atoms with Crippen LogP contribution in [0, 0.1) is 25.5 Å². The van der Waals surface area contributed by atoms with E-state index in [2.05, 4.69) is 15.0 Å². The molecule has 0 amide bonds. The Morgan fingerprint density at radius 3 is 2.68 bits per heavy atom. The zero-order valence-electron chi connectivity index (χ0n) is 18.6. The minimum atomic E-state index is -1.46. The average molecular weight is 468 g/mol. The first-order valence-corrected chi connectivity index (χ1v) is 11.1. The fraction of sp³-hybridized carbons (Fsp3) is 0.409. The van der Waals surface area contributed by atoms with Crippen molar-refractivity contribution in [2.75, 3.05) is 19.8 Å². The minimum Gasteiger partial charge on any atom is -0.511 e. The van der Waals surface area contributed by atoms with E-state index >= 15 is 0 Å². The molecule has 9 heteroatoms. The van der Waals surface area contributed by atoms with E-state index in [0.717, 1.165) is 27.9 Å². The van der Waals surface area contributed by atoms with E-state index in [1.807, 2.05) is 52.0 Å². The summed E-state index contributed by atoms with van der Waals surface area (Å²) in [5.74, 6) is 1.97. The van der Waals surface area contributed by atoms with Crippen LogP contribution in [0.3, 0.4) is 0 Å². The number of ether oxygens (including phenoxy) is 3. The van der Waals surface area contributed by atoms with Crippen molar-refractivity contribution < 1.29 is 69.8 Å². The molecule has 31 heavy (non-hydrogen) atoms. The maximum atomic E-state index is 12.8. The second-order valence-corrected chi connectivity index (χ2v) is 9.17. The van der Waals surface area contributed by atoms with Crippen molar-refractivity contribution in [2.24, 2.45) is 5.92 Å². The van der Waals surface area contributed by atoms with Gasteiger partial charge in [-0.15, -0.1) is 18.2 Å². The number of fused-ring (bicyclic) bond motifs is 1. The minimum absolute atomic E-state index is 0. The SMILES string of the molecule is Cc1cnc([CH-]S(=O)c2nc3ccccc3[nH]2)c(C)c1OCC1COC(C)(C)OC1.[K+]. The Morgan fingerprint density at radius 2 is 1.97 bits per heavy atom. The number of aromatic amines is 1. The van der Waals surface area contributed by atoms with Gasteiger partial charge in [-0.3, -0.25) is 9.19 Å². The smallest absolute Gasteiger partial charge is 0.511 e. The predicted octanol–water partition coefficient (Wildman–Crippen LogP) is 0.674. The summed E-state index contributed by atoms with van der Waals surface area (Å²) in [7, 11) is -1.46. The predicted molar refractivity (Wildman–Crippen MR) is 115 cm³/mol. The average Bonchev–Trinajstić information content (AvgIpc) is 3.15. The van der Waals surface area contributed by atoms with Crippen molar-refractivity contribution in [2.45, 2.75) is 38.6 Å². The molecular weight excluding hydrogens is 441 g/mol. The summed E-state index contributed by atoms with van der Waals surface area (Å²) in [5.41, 5.74) is 4.03. The van der Waals surface area contributed by atoms with E-state index in [1.54, 1.807) is 11.9 Å². The number of hydrogen-bond donors (Lipinski definition) is 1. The van der Waals surface area contributed by atoms with Gasteiger partial charge in [-0.05, 0) is 38.5 Å². The van der Waals surface area contributed by atoms with Crippen molar-refractivity contribution in [3.8, 4) is 5.75 Å². The van der Waals surface area contributed by atoms with E-state index in [1.165, 1.54) is 0 Å². The number of aryl methyl sites for hydroxylation is 1. The van der Waals surface area contributed by atoms with E-state index in [0.29, 0.717) is 30.7 Å². The van der Waals surface area contributed by atoms with Crippen LogP contribution in [0.5, 0.6) is 5.75 Å². The number of nitrogens with one attached hydrogen (secondary N) is 1. The van der Waals surface area contributed by atoms with Crippen LogP contribution >= 0.6 is 0 Å². The third kappa shape index (κ3) is 5.97. The molecule has 0 radical (unpaired) electrons. The molecule has 1 fully saturated rings. The largest absolute Gasteiger partial charge is 1.00 e. The molecule has 3 heterocycles. The third-order valence-electron chi connectivity index (χ3n) is 5.05. The molecule has 0 saturated carbocycles. The second kappa shape index (κ2) is 10.4. The molecule has 0 aliphatic carbocycles. The summed E-state index contributed by atoms with van der Waals surface area (Å²) in [5, 5.41) is 0.402. The zero-order valence-corrected chi connectivity index (χ0v) is 22.5. The van der Waals surface area contributed by atoms with Gasteiger partial charge in [-0.1, -0.05) is 17.8 Å². The molecule has 0 bridgehead atoms. The Labute approximate surface area is 227 Å². The molecule has 4 rings (SSSR count). The Balaban J connectivity index is 0.00000272. The zero-order chi connectivity index (χ0) is 21.3. The molecule has 2 aromatic heterocycles. The van der Waals surface area contributed by atoms with Crippen LogP contribution in [0.15, 0.2) is 35.6 Å². The first kappa shape index (κ1) is 24.9. The van der Waals surface area contributed by atoms with E-state index < -0.39 is 16.6 Å². The maximum absolute atomic E-state index is 12.8. The topological polar surface area (TPSA) is 86.3 Å². The first-order chi connectivity index (χ1) is 14.3. The Bertz CT molecular complexity index is 1040. The van der Waals surface area contributed by atoms with Gasteiger partial charge in [-0.2, -0.15) is 0 Å². The van der Waals surface area contributed by atoms with E-state index in [9.17, 15) is 4.21 Å². The van der Waals surface area contributed by atoms with Gasteiger partial charge in [0.2, 0.25) is 0 Å². The van der Waals surface area contributed by atoms with Crippen molar-refractivity contribution in [1.82, 2.24) is 15.0 Å². The molecule has 1 saturated heterocycles. The number of para-hydroxylation sites is 2. The van der Waals surface area contributed by atoms with Crippen LogP contribution < -0.4 is 56.1 Å². The summed E-state index contributed by atoms with van der Waals surface area (Å²) in [6.07, 6.45) is 1.74. The number of imidazole rings is 1. The van der Waals surface area contributed by atoms with Gasteiger partial charge in [0, 0.05) is 28.7 Å². The van der Waals surface area contributed by atoms with Gasteiger partial charge in [0.1, 0.15) is 0 Å². The van der Waals surface area contributed by atoms with Crippen LogP contribution in [0.4, 0.5) is 0 Å². The molecule has 7 nitrogen and oxygen atoms in total. The van der Waals surface area contributed by atoms with Gasteiger partial charge in [0.25, 0.3) is 0 Å². The first-order valence-electron chi connectivity index (χ1n) is 9.89. The van der Waals surface area contributed by atoms with Gasteiger partial charge < -0.3 is 19.2 Å². The van der Waals surface area contributed by atoms with Crippen molar-refractivity contribution in [1.29, 1.82) is 0 Å². The summed E-state index contributed by atoms with van der Waals surface area (Å²) in [4.78, 5) is 12.0. The molecule has 1 aliphatic heterocycles. The van der Waals surface area contributed by atoms with Crippen LogP contribution in [0.1, 0.15) is 30.7 Å². The summed E-state index contributed by atoms with van der Waals surface area (Å²) in [6, 6.07) is 7.60. The Kier molecular flexibility index (Phi) is 8.36. The van der Waals surface area contributed by atoms with Crippen molar-refractivity contribution >= 4 is 21.8 Å². The number of H-pyrrole nitrogens is 1. The molecule has 160 valence electrons. The normalized spacial score (nSPS) is 17.2. The van der Waals surface area contributed by atoms with Crippen LogP contribution in [0.25, 0.3) is 11.0 Å². The molecule has 1 N–H and O–H groups in total. The number of aromatic nitrogens is 3. The second-order valence-electron chi connectivity index (χ2n) is 7.95. The number of benzene rings is 1. The number of rotatable bonds is 6. The molecule has 0 spiro atoms. The molecule has 3 aromatic rings. The Morgan fingerprint density at radius 1 is 1.26 bits per heavy atom. The van der Waals surface area contributed by atoms with Gasteiger partial charge >= 0.3 is 51.4 Å². The number of nitrogens with zero attached hydrogens (tertiary/aromatic N) is 2. The standard InChI is InChI=1S/C22H26N3O4S.K/c1-14-9-23-19(13-30(26)21-24-17-7-5-6-8-18(17)25-21)15(2)20(14)27-10-16-11-28-22(3,4)29-12-16;/h5-9,13,16H,10-12H2,1-4H3,(H,24,25);/q-1;+1. The third-order valence-corrected chi connectivity index (χ3v) is 6.07. The van der Waals surface area contributed by atoms with Gasteiger partial charge in [0.15, 0.2) is 10.9 Å². The van der Waals surface area contributed by atoms with Gasteiger partial charge in [-0.25, -0.2) is 4.98 Å². The molecule has 1 atom stereocenters. The summed E-state index contributed by atoms with van der Waals surface area (Å²) in [6.45, 7) is 9.35. The van der Waals surface area contributed by atoms with Crippen LogP contribution in [0.2, 0.25) is 0 Å². The fourth-order valence-electron chi connectivity index (χ4n) is 3.28. The van der Waals surface area contributed by atoms with Crippen LogP contribution in [-0.4, -0.2) is 44.8 Å². The quantitative estimate of drug-likeness (QED) is 0.424.